The van der Waals surface area contributed by atoms with Crippen LogP contribution in [-0.4, -0.2) is 35.1 Å². The molecule has 116 valence electrons. The van der Waals surface area contributed by atoms with Crippen LogP contribution in [0.3, 0.4) is 0 Å². The molecule has 2 aliphatic rings. The quantitative estimate of drug-likeness (QED) is 0.858. The fourth-order valence-corrected chi connectivity index (χ4v) is 4.08. The van der Waals surface area contributed by atoms with E-state index in [-0.39, 0.29) is 5.92 Å². The van der Waals surface area contributed by atoms with Gasteiger partial charge in [-0.2, -0.15) is 0 Å². The van der Waals surface area contributed by atoms with Gasteiger partial charge in [-0.25, -0.2) is 0 Å². The summed E-state index contributed by atoms with van der Waals surface area (Å²) in [5.74, 6) is 1.23. The Kier molecular flexibility index (Phi) is 4.78. The van der Waals surface area contributed by atoms with E-state index in [9.17, 15) is 9.90 Å². The molecule has 1 heterocycles. The van der Waals surface area contributed by atoms with Crippen molar-refractivity contribution in [3.63, 3.8) is 0 Å². The topological polar surface area (TPSA) is 40.5 Å². The van der Waals surface area contributed by atoms with Crippen LogP contribution in [0.25, 0.3) is 0 Å². The molecule has 0 bridgehead atoms. The second-order valence-corrected chi connectivity index (χ2v) is 7.82. The lowest BCUT2D eigenvalue weighted by atomic mass is 9.73. The van der Waals surface area contributed by atoms with Gasteiger partial charge in [0.1, 0.15) is 0 Å². The molecule has 3 heteroatoms. The Bertz CT molecular complexity index is 353. The Labute approximate surface area is 123 Å². The van der Waals surface area contributed by atoms with Gasteiger partial charge in [-0.05, 0) is 63.8 Å². The molecule has 0 aromatic carbocycles. The number of piperidine rings is 1. The zero-order valence-corrected chi connectivity index (χ0v) is 13.6. The third-order valence-corrected chi connectivity index (χ3v) is 5.91. The van der Waals surface area contributed by atoms with Crippen LogP contribution in [0.1, 0.15) is 59.8 Å². The van der Waals surface area contributed by atoms with Crippen LogP contribution in [0.4, 0.5) is 0 Å². The molecular weight excluding hydrogens is 250 g/mol. The summed E-state index contributed by atoms with van der Waals surface area (Å²) in [6, 6.07) is 0.672. The second kappa shape index (κ2) is 6.05. The van der Waals surface area contributed by atoms with Crippen molar-refractivity contribution in [2.24, 2.45) is 23.2 Å². The van der Waals surface area contributed by atoms with Crippen molar-refractivity contribution in [1.82, 2.24) is 4.90 Å². The lowest BCUT2D eigenvalue weighted by Gasteiger charge is -2.46. The van der Waals surface area contributed by atoms with Crippen LogP contribution in [-0.2, 0) is 4.79 Å². The largest absolute Gasteiger partial charge is 0.481 e. The number of carboxylic acids is 1. The summed E-state index contributed by atoms with van der Waals surface area (Å²) in [7, 11) is 0. The molecule has 0 aromatic heterocycles. The van der Waals surface area contributed by atoms with Crippen molar-refractivity contribution in [3.8, 4) is 0 Å². The lowest BCUT2D eigenvalue weighted by Crippen LogP contribution is -2.51. The minimum atomic E-state index is -0.644. The first-order valence-electron chi connectivity index (χ1n) is 8.29. The predicted molar refractivity (Wildman–Crippen MR) is 81.7 cm³/mol. The van der Waals surface area contributed by atoms with E-state index in [1.807, 2.05) is 13.8 Å². The number of rotatable bonds is 3. The van der Waals surface area contributed by atoms with Crippen molar-refractivity contribution in [3.05, 3.63) is 0 Å². The van der Waals surface area contributed by atoms with Gasteiger partial charge in [0.2, 0.25) is 0 Å². The van der Waals surface area contributed by atoms with Gasteiger partial charge in [0.15, 0.2) is 0 Å². The Morgan fingerprint density at radius 2 is 1.90 bits per heavy atom. The van der Waals surface area contributed by atoms with E-state index >= 15 is 0 Å². The first kappa shape index (κ1) is 15.8. The highest BCUT2D eigenvalue weighted by Gasteiger charge is 2.41. The van der Waals surface area contributed by atoms with Gasteiger partial charge in [0, 0.05) is 12.6 Å². The van der Waals surface area contributed by atoms with Crippen LogP contribution in [0.15, 0.2) is 0 Å². The molecule has 20 heavy (non-hydrogen) atoms. The molecule has 4 unspecified atom stereocenters. The normalized spacial score (nSPS) is 36.8. The molecule has 2 fully saturated rings. The monoisotopic (exact) mass is 281 g/mol. The van der Waals surface area contributed by atoms with Crippen molar-refractivity contribution < 1.29 is 9.90 Å². The molecule has 1 N–H and O–H groups in total. The highest BCUT2D eigenvalue weighted by molar-refractivity contribution is 5.74. The van der Waals surface area contributed by atoms with E-state index in [4.69, 9.17) is 0 Å². The Morgan fingerprint density at radius 1 is 1.20 bits per heavy atom. The van der Waals surface area contributed by atoms with Gasteiger partial charge >= 0.3 is 5.97 Å². The summed E-state index contributed by atoms with van der Waals surface area (Å²) >= 11 is 0. The lowest BCUT2D eigenvalue weighted by molar-refractivity contribution is -0.152. The minimum Gasteiger partial charge on any atom is -0.481 e. The van der Waals surface area contributed by atoms with E-state index in [1.54, 1.807) is 0 Å². The number of hydrogen-bond acceptors (Lipinski definition) is 2. The maximum absolute atomic E-state index is 11.5. The van der Waals surface area contributed by atoms with Gasteiger partial charge in [-0.15, -0.1) is 0 Å². The Balaban J connectivity index is 2.04. The maximum atomic E-state index is 11.5. The summed E-state index contributed by atoms with van der Waals surface area (Å²) < 4.78 is 0. The van der Waals surface area contributed by atoms with Gasteiger partial charge in [-0.3, -0.25) is 9.69 Å². The molecule has 0 spiro atoms. The van der Waals surface area contributed by atoms with Gasteiger partial charge in [0.05, 0.1) is 5.41 Å². The molecule has 0 aromatic rings. The van der Waals surface area contributed by atoms with E-state index in [1.165, 1.54) is 19.3 Å². The van der Waals surface area contributed by atoms with Crippen molar-refractivity contribution in [2.45, 2.75) is 65.8 Å². The van der Waals surface area contributed by atoms with Gasteiger partial charge < -0.3 is 5.11 Å². The highest BCUT2D eigenvalue weighted by Crippen LogP contribution is 2.38. The standard InChI is InChI=1S/C17H31NO2/c1-12-7-8-13(2)15(10-12)18-9-5-6-14(11-18)17(3,4)16(19)20/h12-15H,5-11H2,1-4H3,(H,19,20). The van der Waals surface area contributed by atoms with Crippen LogP contribution in [0.5, 0.6) is 0 Å². The maximum Gasteiger partial charge on any atom is 0.309 e. The number of hydrogen-bond donors (Lipinski definition) is 1. The van der Waals surface area contributed by atoms with E-state index in [0.29, 0.717) is 6.04 Å². The first-order chi connectivity index (χ1) is 9.32. The zero-order valence-electron chi connectivity index (χ0n) is 13.6. The summed E-state index contributed by atoms with van der Waals surface area (Å²) in [6.45, 7) is 10.7. The van der Waals surface area contributed by atoms with Crippen LogP contribution in [0.2, 0.25) is 0 Å². The SMILES string of the molecule is CC1CCC(C)C(N2CCCC(C(C)(C)C(=O)O)C2)C1. The number of nitrogens with zero attached hydrogens (tertiary/aromatic N) is 1. The minimum absolute atomic E-state index is 0.290. The van der Waals surface area contributed by atoms with Crippen LogP contribution in [0, 0.1) is 23.2 Å². The average Bonchev–Trinajstić information content (AvgIpc) is 2.41. The molecule has 0 radical (unpaired) electrons. The number of carboxylic acid groups (broad SMARTS) is 1. The molecular formula is C17H31NO2. The van der Waals surface area contributed by atoms with Crippen molar-refractivity contribution >= 4 is 5.97 Å². The third kappa shape index (κ3) is 3.19. The molecule has 1 saturated carbocycles. The summed E-state index contributed by atoms with van der Waals surface area (Å²) in [4.78, 5) is 14.1. The molecule has 1 aliphatic carbocycles. The van der Waals surface area contributed by atoms with Crippen LogP contribution >= 0.6 is 0 Å². The van der Waals surface area contributed by atoms with E-state index in [2.05, 4.69) is 18.7 Å². The van der Waals surface area contributed by atoms with E-state index in [0.717, 1.165) is 37.8 Å². The zero-order chi connectivity index (χ0) is 14.9. The van der Waals surface area contributed by atoms with Crippen molar-refractivity contribution in [1.29, 1.82) is 0 Å². The van der Waals surface area contributed by atoms with Crippen LogP contribution < -0.4 is 0 Å². The first-order valence-corrected chi connectivity index (χ1v) is 8.29. The van der Waals surface area contributed by atoms with Gasteiger partial charge in [-0.1, -0.05) is 20.3 Å². The number of likely N-dealkylation sites (tertiary alicyclic amines) is 1. The average molecular weight is 281 g/mol. The van der Waals surface area contributed by atoms with Gasteiger partial charge in [0.25, 0.3) is 0 Å². The smallest absolute Gasteiger partial charge is 0.309 e. The summed E-state index contributed by atoms with van der Waals surface area (Å²) in [5, 5.41) is 9.47. The molecule has 1 aliphatic heterocycles. The molecule has 3 nitrogen and oxygen atoms in total. The number of aliphatic carboxylic acids is 1. The third-order valence-electron chi connectivity index (χ3n) is 5.91. The highest BCUT2D eigenvalue weighted by atomic mass is 16.4. The van der Waals surface area contributed by atoms with Crippen molar-refractivity contribution in [2.75, 3.05) is 13.1 Å². The number of carbonyl (C=O) groups is 1. The molecule has 4 atom stereocenters. The Morgan fingerprint density at radius 3 is 2.55 bits per heavy atom. The fraction of sp³-hybridized carbons (Fsp3) is 0.941. The second-order valence-electron chi connectivity index (χ2n) is 7.82. The predicted octanol–water partition coefficient (Wildman–Crippen LogP) is 3.63. The Hall–Kier alpha value is -0.570. The van der Waals surface area contributed by atoms with E-state index < -0.39 is 11.4 Å². The molecule has 0 amide bonds. The summed E-state index contributed by atoms with van der Waals surface area (Å²) in [5.41, 5.74) is -0.595. The molecule has 2 rings (SSSR count). The molecule has 1 saturated heterocycles. The fourth-order valence-electron chi connectivity index (χ4n) is 4.08. The summed E-state index contributed by atoms with van der Waals surface area (Å²) in [6.07, 6.45) is 6.19.